The van der Waals surface area contributed by atoms with E-state index in [9.17, 15) is 4.79 Å². The summed E-state index contributed by atoms with van der Waals surface area (Å²) in [5.74, 6) is 1.07. The lowest BCUT2D eigenvalue weighted by Crippen LogP contribution is -2.24. The number of H-pyrrole nitrogens is 1. The van der Waals surface area contributed by atoms with Gasteiger partial charge in [-0.3, -0.25) is 4.79 Å². The van der Waals surface area contributed by atoms with E-state index in [1.54, 1.807) is 6.07 Å². The van der Waals surface area contributed by atoms with Gasteiger partial charge in [-0.15, -0.1) is 0 Å². The molecule has 4 rings (SSSR count). The Bertz CT molecular complexity index is 917. The van der Waals surface area contributed by atoms with Crippen molar-refractivity contribution >= 4 is 28.7 Å². The number of nitrogens with one attached hydrogen (secondary N) is 2. The number of nitrogens with zero attached hydrogens (tertiary/aromatic N) is 3. The quantitative estimate of drug-likeness (QED) is 0.749. The van der Waals surface area contributed by atoms with Crippen LogP contribution in [0.5, 0.6) is 0 Å². The van der Waals surface area contributed by atoms with Crippen LogP contribution in [0.3, 0.4) is 0 Å². The van der Waals surface area contributed by atoms with Crippen LogP contribution in [0.15, 0.2) is 30.6 Å². The Balaban J connectivity index is 1.57. The highest BCUT2D eigenvalue weighted by Crippen LogP contribution is 2.33. The van der Waals surface area contributed by atoms with Gasteiger partial charge in [0.2, 0.25) is 0 Å². The summed E-state index contributed by atoms with van der Waals surface area (Å²) in [6.07, 6.45) is 6.08. The highest BCUT2D eigenvalue weighted by molar-refractivity contribution is 6.31. The van der Waals surface area contributed by atoms with Gasteiger partial charge in [0, 0.05) is 17.5 Å². The number of amides is 1. The lowest BCUT2D eigenvalue weighted by molar-refractivity contribution is 0.0947. The van der Waals surface area contributed by atoms with Crippen molar-refractivity contribution in [2.45, 2.75) is 38.1 Å². The molecule has 1 fully saturated rings. The Kier molecular flexibility index (Phi) is 4.36. The number of aromatic nitrogens is 4. The molecule has 0 saturated heterocycles. The van der Waals surface area contributed by atoms with E-state index in [0.29, 0.717) is 34.3 Å². The Hall–Kier alpha value is -2.47. The monoisotopic (exact) mass is 355 g/mol. The van der Waals surface area contributed by atoms with Gasteiger partial charge in [-0.1, -0.05) is 42.6 Å². The second-order valence-electron chi connectivity index (χ2n) is 6.30. The van der Waals surface area contributed by atoms with E-state index in [0.717, 1.165) is 24.2 Å². The average molecular weight is 356 g/mol. The maximum Gasteiger partial charge on any atom is 0.272 e. The minimum atomic E-state index is -0.269. The van der Waals surface area contributed by atoms with Crippen LogP contribution >= 0.6 is 11.6 Å². The maximum atomic E-state index is 12.6. The molecule has 25 heavy (non-hydrogen) atoms. The fourth-order valence-electron chi connectivity index (χ4n) is 3.31. The number of halogens is 1. The number of fused-ring (bicyclic) bond motifs is 1. The summed E-state index contributed by atoms with van der Waals surface area (Å²) in [5.41, 5.74) is 2.31. The van der Waals surface area contributed by atoms with Crippen molar-refractivity contribution in [2.75, 3.05) is 0 Å². The molecule has 1 amide bonds. The topological polar surface area (TPSA) is 83.6 Å². The molecule has 2 heterocycles. The molecular weight excluding hydrogens is 338 g/mol. The maximum absolute atomic E-state index is 12.6. The Morgan fingerprint density at radius 3 is 2.84 bits per heavy atom. The van der Waals surface area contributed by atoms with Gasteiger partial charge in [0.1, 0.15) is 17.7 Å². The zero-order chi connectivity index (χ0) is 17.2. The number of rotatable bonds is 4. The van der Waals surface area contributed by atoms with Crippen LogP contribution in [-0.4, -0.2) is 25.8 Å². The first kappa shape index (κ1) is 16.0. The molecule has 2 N–H and O–H groups in total. The molecule has 0 spiro atoms. The van der Waals surface area contributed by atoms with E-state index in [-0.39, 0.29) is 5.91 Å². The van der Waals surface area contributed by atoms with E-state index >= 15 is 0 Å². The van der Waals surface area contributed by atoms with Crippen molar-refractivity contribution < 1.29 is 4.79 Å². The molecule has 1 aliphatic rings. The van der Waals surface area contributed by atoms with Crippen molar-refractivity contribution in [1.82, 2.24) is 25.3 Å². The van der Waals surface area contributed by atoms with E-state index in [1.807, 2.05) is 18.2 Å². The highest BCUT2D eigenvalue weighted by Gasteiger charge is 2.23. The number of carbonyl (C=O) groups excluding carboxylic acids is 1. The Morgan fingerprint density at radius 2 is 2.04 bits per heavy atom. The van der Waals surface area contributed by atoms with Gasteiger partial charge in [0.15, 0.2) is 11.3 Å². The standard InChI is InChI=1S/C18H18ClN5O/c19-13-8-4-3-7-12(13)9-20-18(25)15-14-17(22-10-21-15)24-16(23-14)11-5-1-2-6-11/h3-4,7-8,10-11H,1-2,5-6,9H2,(H,20,25)(H,21,22,23,24). The van der Waals surface area contributed by atoms with Gasteiger partial charge in [-0.2, -0.15) is 0 Å². The number of benzene rings is 1. The van der Waals surface area contributed by atoms with Crippen molar-refractivity contribution in [3.05, 3.63) is 52.7 Å². The zero-order valence-electron chi connectivity index (χ0n) is 13.6. The molecule has 3 aromatic rings. The van der Waals surface area contributed by atoms with Crippen LogP contribution in [0.1, 0.15) is 53.5 Å². The summed E-state index contributed by atoms with van der Waals surface area (Å²) >= 11 is 6.13. The summed E-state index contributed by atoms with van der Waals surface area (Å²) in [6.45, 7) is 0.341. The SMILES string of the molecule is O=C(NCc1ccccc1Cl)c1ncnc2nc(C3CCCC3)[nH]c12. The third-order valence-electron chi connectivity index (χ3n) is 4.66. The number of hydrogen-bond donors (Lipinski definition) is 2. The predicted octanol–water partition coefficient (Wildman–Crippen LogP) is 3.59. The average Bonchev–Trinajstić information content (AvgIpc) is 3.29. The molecule has 0 unspecified atom stereocenters. The third kappa shape index (κ3) is 3.22. The number of imidazole rings is 1. The number of carbonyl (C=O) groups is 1. The number of hydrogen-bond acceptors (Lipinski definition) is 4. The van der Waals surface area contributed by atoms with Crippen LogP contribution in [0.4, 0.5) is 0 Å². The second-order valence-corrected chi connectivity index (χ2v) is 6.71. The Morgan fingerprint density at radius 1 is 1.24 bits per heavy atom. The molecule has 1 saturated carbocycles. The summed E-state index contributed by atoms with van der Waals surface area (Å²) < 4.78 is 0. The molecule has 6 nitrogen and oxygen atoms in total. The summed E-state index contributed by atoms with van der Waals surface area (Å²) in [6, 6.07) is 7.43. The molecule has 0 radical (unpaired) electrons. The van der Waals surface area contributed by atoms with E-state index in [1.165, 1.54) is 19.2 Å². The van der Waals surface area contributed by atoms with Crippen molar-refractivity contribution in [1.29, 1.82) is 0 Å². The first-order valence-electron chi connectivity index (χ1n) is 8.44. The van der Waals surface area contributed by atoms with Crippen LogP contribution in [0.25, 0.3) is 11.2 Å². The first-order valence-corrected chi connectivity index (χ1v) is 8.82. The van der Waals surface area contributed by atoms with Gasteiger partial charge >= 0.3 is 0 Å². The molecule has 7 heteroatoms. The molecule has 0 atom stereocenters. The summed E-state index contributed by atoms with van der Waals surface area (Å²) in [5, 5.41) is 3.49. The predicted molar refractivity (Wildman–Crippen MR) is 95.5 cm³/mol. The van der Waals surface area contributed by atoms with Crippen LogP contribution in [0, 0.1) is 0 Å². The Labute approximate surface area is 150 Å². The molecule has 0 aliphatic heterocycles. The minimum Gasteiger partial charge on any atom is -0.346 e. The van der Waals surface area contributed by atoms with Gasteiger partial charge in [-0.25, -0.2) is 15.0 Å². The number of aromatic amines is 1. The van der Waals surface area contributed by atoms with E-state index < -0.39 is 0 Å². The van der Waals surface area contributed by atoms with Crippen LogP contribution in [-0.2, 0) is 6.54 Å². The molecule has 1 aliphatic carbocycles. The molecule has 2 aromatic heterocycles. The van der Waals surface area contributed by atoms with E-state index in [2.05, 4.69) is 25.3 Å². The molecular formula is C18H18ClN5O. The normalized spacial score (nSPS) is 14.9. The lowest BCUT2D eigenvalue weighted by Gasteiger charge is -2.07. The van der Waals surface area contributed by atoms with Gasteiger partial charge in [-0.05, 0) is 24.5 Å². The zero-order valence-corrected chi connectivity index (χ0v) is 14.4. The minimum absolute atomic E-state index is 0.269. The summed E-state index contributed by atoms with van der Waals surface area (Å²) in [7, 11) is 0. The van der Waals surface area contributed by atoms with Crippen molar-refractivity contribution in [3.63, 3.8) is 0 Å². The highest BCUT2D eigenvalue weighted by atomic mass is 35.5. The van der Waals surface area contributed by atoms with Crippen molar-refractivity contribution in [3.8, 4) is 0 Å². The largest absolute Gasteiger partial charge is 0.346 e. The van der Waals surface area contributed by atoms with Gasteiger partial charge in [0.05, 0.1) is 0 Å². The van der Waals surface area contributed by atoms with Gasteiger partial charge < -0.3 is 10.3 Å². The molecule has 1 aromatic carbocycles. The smallest absolute Gasteiger partial charge is 0.272 e. The van der Waals surface area contributed by atoms with Crippen LogP contribution < -0.4 is 5.32 Å². The lowest BCUT2D eigenvalue weighted by atomic mass is 10.1. The second kappa shape index (κ2) is 6.80. The summed E-state index contributed by atoms with van der Waals surface area (Å²) in [4.78, 5) is 28.8. The fraction of sp³-hybridized carbons (Fsp3) is 0.333. The van der Waals surface area contributed by atoms with Crippen LogP contribution in [0.2, 0.25) is 5.02 Å². The van der Waals surface area contributed by atoms with E-state index in [4.69, 9.17) is 11.6 Å². The molecule has 0 bridgehead atoms. The fourth-order valence-corrected chi connectivity index (χ4v) is 3.51. The van der Waals surface area contributed by atoms with Crippen molar-refractivity contribution in [2.24, 2.45) is 0 Å². The third-order valence-corrected chi connectivity index (χ3v) is 5.03. The molecule has 128 valence electrons. The van der Waals surface area contributed by atoms with Gasteiger partial charge in [0.25, 0.3) is 5.91 Å². The first-order chi connectivity index (χ1) is 12.2.